The van der Waals surface area contributed by atoms with Gasteiger partial charge in [-0.15, -0.1) is 0 Å². The number of nitrogens with zero attached hydrogens (tertiary/aromatic N) is 3. The Bertz CT molecular complexity index is 721. The number of benzene rings is 1. The first kappa shape index (κ1) is 13.8. The maximum Gasteiger partial charge on any atom is 0.112 e. The minimum Gasteiger partial charge on any atom is -0.393 e. The van der Waals surface area contributed by atoms with Crippen molar-refractivity contribution in [2.75, 3.05) is 0 Å². The Hall–Kier alpha value is -2.20. The summed E-state index contributed by atoms with van der Waals surface area (Å²) in [7, 11) is 2.00. The summed E-state index contributed by atoms with van der Waals surface area (Å²) in [5.41, 5.74) is 3.24. The minimum atomic E-state index is -0.388. The smallest absolute Gasteiger partial charge is 0.112 e. The van der Waals surface area contributed by atoms with Crippen LogP contribution in [0.1, 0.15) is 17.8 Å². The normalized spacial score (nSPS) is 12.7. The summed E-state index contributed by atoms with van der Waals surface area (Å²) >= 11 is 0. The first-order valence-corrected chi connectivity index (χ1v) is 7.21. The van der Waals surface area contributed by atoms with Crippen LogP contribution in [-0.2, 0) is 19.9 Å². The van der Waals surface area contributed by atoms with E-state index < -0.39 is 0 Å². The second kappa shape index (κ2) is 6.06. The molecule has 2 aromatic heterocycles. The van der Waals surface area contributed by atoms with Crippen molar-refractivity contribution < 1.29 is 5.11 Å². The van der Waals surface area contributed by atoms with Gasteiger partial charge in [0.2, 0.25) is 0 Å². The van der Waals surface area contributed by atoms with Gasteiger partial charge in [-0.1, -0.05) is 18.2 Å². The van der Waals surface area contributed by atoms with Gasteiger partial charge in [-0.05, 0) is 36.6 Å². The van der Waals surface area contributed by atoms with E-state index in [2.05, 4.69) is 14.5 Å². The number of hydrogen-bond donors (Lipinski definition) is 1. The summed E-state index contributed by atoms with van der Waals surface area (Å²) < 4.78 is 2.06. The standard InChI is InChI=1S/C17H19N3O/c1-20-16-7-3-2-6-15(16)19-17(20)11-14(21)9-8-13-5-4-10-18-12-13/h2-7,10,12,14,21H,8-9,11H2,1H3. The topological polar surface area (TPSA) is 50.9 Å². The van der Waals surface area contributed by atoms with Crippen LogP contribution in [0.15, 0.2) is 48.8 Å². The van der Waals surface area contributed by atoms with E-state index in [1.165, 1.54) is 0 Å². The lowest BCUT2D eigenvalue weighted by Gasteiger charge is -2.10. The quantitative estimate of drug-likeness (QED) is 0.781. The van der Waals surface area contributed by atoms with E-state index in [4.69, 9.17) is 0 Å². The van der Waals surface area contributed by atoms with Crippen LogP contribution < -0.4 is 0 Å². The highest BCUT2D eigenvalue weighted by atomic mass is 16.3. The largest absolute Gasteiger partial charge is 0.393 e. The molecule has 4 heteroatoms. The zero-order chi connectivity index (χ0) is 14.7. The van der Waals surface area contributed by atoms with Crippen molar-refractivity contribution in [3.05, 3.63) is 60.2 Å². The Labute approximate surface area is 124 Å². The van der Waals surface area contributed by atoms with Crippen LogP contribution in [0.5, 0.6) is 0 Å². The molecule has 0 saturated heterocycles. The third-order valence-corrected chi connectivity index (χ3v) is 3.79. The number of aromatic nitrogens is 3. The Morgan fingerprint density at radius 2 is 2.05 bits per heavy atom. The van der Waals surface area contributed by atoms with Crippen molar-refractivity contribution in [3.8, 4) is 0 Å². The molecule has 1 aromatic carbocycles. The Morgan fingerprint density at radius 1 is 1.19 bits per heavy atom. The summed E-state index contributed by atoms with van der Waals surface area (Å²) in [6.45, 7) is 0. The van der Waals surface area contributed by atoms with E-state index in [0.717, 1.165) is 35.3 Å². The molecule has 0 aliphatic heterocycles. The molecule has 0 aliphatic rings. The molecule has 4 nitrogen and oxygen atoms in total. The number of fused-ring (bicyclic) bond motifs is 1. The number of para-hydroxylation sites is 2. The van der Waals surface area contributed by atoms with Crippen LogP contribution in [0, 0.1) is 0 Å². The fourth-order valence-corrected chi connectivity index (χ4v) is 2.57. The lowest BCUT2D eigenvalue weighted by atomic mass is 10.1. The van der Waals surface area contributed by atoms with Crippen LogP contribution in [0.2, 0.25) is 0 Å². The van der Waals surface area contributed by atoms with Crippen LogP contribution in [0.25, 0.3) is 11.0 Å². The molecular weight excluding hydrogens is 262 g/mol. The van der Waals surface area contributed by atoms with E-state index in [1.54, 1.807) is 6.20 Å². The van der Waals surface area contributed by atoms with Crippen molar-refractivity contribution in [2.45, 2.75) is 25.4 Å². The van der Waals surface area contributed by atoms with Gasteiger partial charge in [0.15, 0.2) is 0 Å². The fourth-order valence-electron chi connectivity index (χ4n) is 2.57. The van der Waals surface area contributed by atoms with Gasteiger partial charge in [0, 0.05) is 25.9 Å². The number of aliphatic hydroxyl groups excluding tert-OH is 1. The van der Waals surface area contributed by atoms with Gasteiger partial charge < -0.3 is 9.67 Å². The molecule has 1 N–H and O–H groups in total. The van der Waals surface area contributed by atoms with Crippen molar-refractivity contribution in [3.63, 3.8) is 0 Å². The average molecular weight is 281 g/mol. The molecule has 0 spiro atoms. The lowest BCUT2D eigenvalue weighted by molar-refractivity contribution is 0.162. The Kier molecular flexibility index (Phi) is 3.97. The molecule has 0 radical (unpaired) electrons. The molecule has 2 heterocycles. The maximum atomic E-state index is 10.2. The SMILES string of the molecule is Cn1c(CC(O)CCc2cccnc2)nc2ccccc21. The van der Waals surface area contributed by atoms with Crippen molar-refractivity contribution >= 4 is 11.0 Å². The summed E-state index contributed by atoms with van der Waals surface area (Å²) in [5.74, 6) is 0.926. The number of imidazole rings is 1. The van der Waals surface area contributed by atoms with Gasteiger partial charge in [-0.2, -0.15) is 0 Å². The van der Waals surface area contributed by atoms with Crippen LogP contribution in [0.3, 0.4) is 0 Å². The third-order valence-electron chi connectivity index (χ3n) is 3.79. The highest BCUT2D eigenvalue weighted by molar-refractivity contribution is 5.75. The number of pyridine rings is 1. The maximum absolute atomic E-state index is 10.2. The summed E-state index contributed by atoms with van der Waals surface area (Å²) in [6.07, 6.45) is 5.35. The second-order valence-electron chi connectivity index (χ2n) is 5.33. The predicted molar refractivity (Wildman–Crippen MR) is 83.0 cm³/mol. The third kappa shape index (κ3) is 3.11. The summed E-state index contributed by atoms with van der Waals surface area (Å²) in [4.78, 5) is 8.69. The number of aryl methyl sites for hydroxylation is 2. The Morgan fingerprint density at radius 3 is 2.81 bits per heavy atom. The van der Waals surface area contributed by atoms with Gasteiger partial charge in [0.25, 0.3) is 0 Å². The highest BCUT2D eigenvalue weighted by Crippen LogP contribution is 2.16. The Balaban J connectivity index is 1.66. The van der Waals surface area contributed by atoms with Gasteiger partial charge >= 0.3 is 0 Å². The van der Waals surface area contributed by atoms with E-state index >= 15 is 0 Å². The van der Waals surface area contributed by atoms with Gasteiger partial charge in [0.05, 0.1) is 17.1 Å². The van der Waals surface area contributed by atoms with Crippen molar-refractivity contribution in [2.24, 2.45) is 7.05 Å². The molecule has 0 amide bonds. The number of aliphatic hydroxyl groups is 1. The first-order chi connectivity index (χ1) is 10.2. The molecule has 21 heavy (non-hydrogen) atoms. The lowest BCUT2D eigenvalue weighted by Crippen LogP contribution is -2.14. The van der Waals surface area contributed by atoms with E-state index in [1.807, 2.05) is 49.6 Å². The zero-order valence-corrected chi connectivity index (χ0v) is 12.1. The van der Waals surface area contributed by atoms with Crippen molar-refractivity contribution in [1.29, 1.82) is 0 Å². The van der Waals surface area contributed by atoms with Crippen LogP contribution in [0.4, 0.5) is 0 Å². The van der Waals surface area contributed by atoms with Gasteiger partial charge in [-0.3, -0.25) is 4.98 Å². The van der Waals surface area contributed by atoms with Gasteiger partial charge in [0.1, 0.15) is 5.82 Å². The second-order valence-corrected chi connectivity index (χ2v) is 5.33. The average Bonchev–Trinajstić information content (AvgIpc) is 2.83. The molecule has 0 bridgehead atoms. The fraction of sp³-hybridized carbons (Fsp3) is 0.294. The highest BCUT2D eigenvalue weighted by Gasteiger charge is 2.12. The predicted octanol–water partition coefficient (Wildman–Crippen LogP) is 2.50. The molecule has 0 aliphatic carbocycles. The van der Waals surface area contributed by atoms with Crippen molar-refractivity contribution in [1.82, 2.24) is 14.5 Å². The molecule has 1 atom stereocenters. The summed E-state index contributed by atoms with van der Waals surface area (Å²) in [6, 6.07) is 12.0. The molecular formula is C17H19N3O. The molecule has 1 unspecified atom stereocenters. The zero-order valence-electron chi connectivity index (χ0n) is 12.1. The molecule has 0 saturated carbocycles. The number of hydrogen-bond acceptors (Lipinski definition) is 3. The number of rotatable bonds is 5. The monoisotopic (exact) mass is 281 g/mol. The van der Waals surface area contributed by atoms with E-state index in [0.29, 0.717) is 6.42 Å². The first-order valence-electron chi connectivity index (χ1n) is 7.21. The summed E-state index contributed by atoms with van der Waals surface area (Å²) in [5, 5.41) is 10.2. The van der Waals surface area contributed by atoms with Crippen LogP contribution in [-0.4, -0.2) is 25.7 Å². The minimum absolute atomic E-state index is 0.388. The molecule has 108 valence electrons. The molecule has 3 rings (SSSR count). The van der Waals surface area contributed by atoms with Gasteiger partial charge in [-0.25, -0.2) is 4.98 Å². The van der Waals surface area contributed by atoms with E-state index in [-0.39, 0.29) is 6.10 Å². The van der Waals surface area contributed by atoms with Crippen LogP contribution >= 0.6 is 0 Å². The molecule has 3 aromatic rings. The molecule has 0 fully saturated rings. The van der Waals surface area contributed by atoms with E-state index in [9.17, 15) is 5.11 Å².